The molecule has 5 nitrogen and oxygen atoms in total. The van der Waals surface area contributed by atoms with Gasteiger partial charge in [-0.1, -0.05) is 29.8 Å². The van der Waals surface area contributed by atoms with Crippen LogP contribution in [0.25, 0.3) is 5.69 Å². The van der Waals surface area contributed by atoms with E-state index in [9.17, 15) is 4.79 Å². The van der Waals surface area contributed by atoms with Crippen LogP contribution in [0.3, 0.4) is 0 Å². The summed E-state index contributed by atoms with van der Waals surface area (Å²) < 4.78 is 1.77. The fourth-order valence-electron chi connectivity index (χ4n) is 3.74. The van der Waals surface area contributed by atoms with Crippen molar-refractivity contribution in [1.82, 2.24) is 14.7 Å². The van der Waals surface area contributed by atoms with Gasteiger partial charge in [0.15, 0.2) is 0 Å². The average molecular weight is 407 g/mol. The second-order valence-corrected chi connectivity index (χ2v) is 8.22. The number of anilines is 1. The summed E-state index contributed by atoms with van der Waals surface area (Å²) in [4.78, 5) is 18.9. The van der Waals surface area contributed by atoms with Crippen molar-refractivity contribution >= 4 is 23.4 Å². The molecule has 0 saturated carbocycles. The van der Waals surface area contributed by atoms with E-state index in [1.54, 1.807) is 16.4 Å². The summed E-state index contributed by atoms with van der Waals surface area (Å²) in [6.45, 7) is 7.07. The molecule has 0 aliphatic carbocycles. The first-order valence-corrected chi connectivity index (χ1v) is 11.1. The maximum Gasteiger partial charge on any atom is 0.272 e. The highest BCUT2D eigenvalue weighted by Crippen LogP contribution is 2.29. The predicted molar refractivity (Wildman–Crippen MR) is 119 cm³/mol. The van der Waals surface area contributed by atoms with Gasteiger partial charge in [-0.15, -0.1) is 11.8 Å². The second kappa shape index (κ2) is 8.33. The van der Waals surface area contributed by atoms with Crippen LogP contribution in [0, 0.1) is 13.8 Å². The van der Waals surface area contributed by atoms with Crippen molar-refractivity contribution in [3.8, 4) is 5.69 Å². The molecule has 3 aromatic rings. The van der Waals surface area contributed by atoms with Gasteiger partial charge in [-0.3, -0.25) is 4.79 Å². The lowest BCUT2D eigenvalue weighted by molar-refractivity contribution is 0.0737. The SMILES string of the molecule is CSc1ccccc1N1CCN(C(=O)c2cc(C)nn2-c2ccc(C)cc2)CC1. The second-order valence-electron chi connectivity index (χ2n) is 7.37. The number of amides is 1. The summed E-state index contributed by atoms with van der Waals surface area (Å²) in [6.07, 6.45) is 2.10. The summed E-state index contributed by atoms with van der Waals surface area (Å²) in [7, 11) is 0. The van der Waals surface area contributed by atoms with E-state index in [0.717, 1.165) is 24.5 Å². The number of thioether (sulfide) groups is 1. The van der Waals surface area contributed by atoms with Gasteiger partial charge >= 0.3 is 0 Å². The number of aromatic nitrogens is 2. The number of para-hydroxylation sites is 1. The van der Waals surface area contributed by atoms with Gasteiger partial charge in [0, 0.05) is 31.1 Å². The monoisotopic (exact) mass is 406 g/mol. The van der Waals surface area contributed by atoms with Crippen LogP contribution in [0.1, 0.15) is 21.7 Å². The first-order chi connectivity index (χ1) is 14.1. The molecule has 2 aromatic carbocycles. The maximum atomic E-state index is 13.3. The van der Waals surface area contributed by atoms with Gasteiger partial charge in [0.05, 0.1) is 17.1 Å². The quantitative estimate of drug-likeness (QED) is 0.610. The molecule has 6 heteroatoms. The van der Waals surface area contributed by atoms with Crippen LogP contribution in [0.2, 0.25) is 0 Å². The molecule has 1 amide bonds. The van der Waals surface area contributed by atoms with E-state index >= 15 is 0 Å². The third-order valence-electron chi connectivity index (χ3n) is 5.32. The molecule has 1 aliphatic rings. The minimum absolute atomic E-state index is 0.0453. The Morgan fingerprint density at radius 1 is 0.966 bits per heavy atom. The first-order valence-electron chi connectivity index (χ1n) is 9.88. The molecule has 1 fully saturated rings. The Hall–Kier alpha value is -2.73. The molecule has 150 valence electrons. The summed E-state index contributed by atoms with van der Waals surface area (Å²) in [5.41, 5.74) is 4.84. The highest BCUT2D eigenvalue weighted by Gasteiger charge is 2.26. The Kier molecular flexibility index (Phi) is 5.62. The van der Waals surface area contributed by atoms with E-state index < -0.39 is 0 Å². The van der Waals surface area contributed by atoms with E-state index in [1.807, 2.05) is 42.2 Å². The smallest absolute Gasteiger partial charge is 0.272 e. The molecule has 0 N–H and O–H groups in total. The topological polar surface area (TPSA) is 41.4 Å². The number of hydrogen-bond donors (Lipinski definition) is 0. The predicted octanol–water partition coefficient (Wildman–Crippen LogP) is 4.17. The molecule has 0 spiro atoms. The molecule has 0 unspecified atom stereocenters. The molecule has 0 bridgehead atoms. The lowest BCUT2D eigenvalue weighted by Gasteiger charge is -2.36. The number of hydrogen-bond acceptors (Lipinski definition) is 4. The molecule has 0 atom stereocenters. The largest absolute Gasteiger partial charge is 0.367 e. The van der Waals surface area contributed by atoms with Crippen molar-refractivity contribution in [2.45, 2.75) is 18.7 Å². The minimum atomic E-state index is 0.0453. The number of carbonyl (C=O) groups excluding carboxylic acids is 1. The van der Waals surface area contributed by atoms with Crippen molar-refractivity contribution in [3.63, 3.8) is 0 Å². The Balaban J connectivity index is 1.51. The van der Waals surface area contributed by atoms with Crippen LogP contribution < -0.4 is 4.90 Å². The summed E-state index contributed by atoms with van der Waals surface area (Å²) in [5.74, 6) is 0.0453. The molecule has 1 aliphatic heterocycles. The standard InChI is InChI=1S/C23H26N4OS/c1-17-8-10-19(11-9-17)27-21(16-18(2)24-27)23(28)26-14-12-25(13-15-26)20-6-4-5-7-22(20)29-3/h4-11,16H,12-15H2,1-3H3. The molecule has 1 saturated heterocycles. The number of benzene rings is 2. The summed E-state index contributed by atoms with van der Waals surface area (Å²) in [5, 5.41) is 4.57. The Labute approximate surface area is 176 Å². The molecular weight excluding hydrogens is 380 g/mol. The van der Waals surface area contributed by atoms with E-state index in [2.05, 4.69) is 47.4 Å². The molecule has 4 rings (SSSR count). The fraction of sp³-hybridized carbons (Fsp3) is 0.304. The number of piperazine rings is 1. The molecule has 29 heavy (non-hydrogen) atoms. The van der Waals surface area contributed by atoms with Crippen molar-refractivity contribution in [2.24, 2.45) is 0 Å². The Bertz CT molecular complexity index is 1000. The highest BCUT2D eigenvalue weighted by molar-refractivity contribution is 7.98. The molecule has 0 radical (unpaired) electrons. The number of rotatable bonds is 4. The molecule has 1 aromatic heterocycles. The van der Waals surface area contributed by atoms with Crippen LogP contribution >= 0.6 is 11.8 Å². The van der Waals surface area contributed by atoms with Crippen molar-refractivity contribution < 1.29 is 4.79 Å². The summed E-state index contributed by atoms with van der Waals surface area (Å²) in [6, 6.07) is 18.5. The third-order valence-corrected chi connectivity index (χ3v) is 6.11. The van der Waals surface area contributed by atoms with Gasteiger partial charge in [-0.05, 0) is 50.4 Å². The highest BCUT2D eigenvalue weighted by atomic mass is 32.2. The zero-order chi connectivity index (χ0) is 20.4. The number of carbonyl (C=O) groups is 1. The van der Waals surface area contributed by atoms with Gasteiger partial charge in [-0.25, -0.2) is 4.68 Å². The number of aryl methyl sites for hydroxylation is 2. The maximum absolute atomic E-state index is 13.3. The molecule has 2 heterocycles. The lowest BCUT2D eigenvalue weighted by atomic mass is 10.2. The van der Waals surface area contributed by atoms with Crippen molar-refractivity contribution in [3.05, 3.63) is 71.5 Å². The van der Waals surface area contributed by atoms with Gasteiger partial charge in [0.25, 0.3) is 5.91 Å². The number of nitrogens with zero attached hydrogens (tertiary/aromatic N) is 4. The minimum Gasteiger partial charge on any atom is -0.367 e. The average Bonchev–Trinajstić information content (AvgIpc) is 3.15. The fourth-order valence-corrected chi connectivity index (χ4v) is 4.36. The van der Waals surface area contributed by atoms with Crippen LogP contribution in [0.5, 0.6) is 0 Å². The van der Waals surface area contributed by atoms with E-state index in [-0.39, 0.29) is 5.91 Å². The van der Waals surface area contributed by atoms with Crippen molar-refractivity contribution in [1.29, 1.82) is 0 Å². The first kappa shape index (κ1) is 19.6. The van der Waals surface area contributed by atoms with Gasteiger partial charge in [0.1, 0.15) is 5.69 Å². The molecular formula is C23H26N4OS. The third kappa shape index (κ3) is 4.03. The van der Waals surface area contributed by atoms with Crippen LogP contribution in [0.15, 0.2) is 59.5 Å². The van der Waals surface area contributed by atoms with Gasteiger partial charge < -0.3 is 9.80 Å². The van der Waals surface area contributed by atoms with Crippen LogP contribution in [-0.4, -0.2) is 53.0 Å². The van der Waals surface area contributed by atoms with Crippen LogP contribution in [-0.2, 0) is 0 Å². The lowest BCUT2D eigenvalue weighted by Crippen LogP contribution is -2.49. The van der Waals surface area contributed by atoms with Gasteiger partial charge in [-0.2, -0.15) is 5.10 Å². The van der Waals surface area contributed by atoms with Gasteiger partial charge in [0.2, 0.25) is 0 Å². The van der Waals surface area contributed by atoms with Crippen molar-refractivity contribution in [2.75, 3.05) is 37.3 Å². The Morgan fingerprint density at radius 3 is 2.34 bits per heavy atom. The summed E-state index contributed by atoms with van der Waals surface area (Å²) >= 11 is 1.76. The van der Waals surface area contributed by atoms with E-state index in [1.165, 1.54) is 16.1 Å². The van der Waals surface area contributed by atoms with Crippen LogP contribution in [0.4, 0.5) is 5.69 Å². The normalized spacial score (nSPS) is 14.3. The van der Waals surface area contributed by atoms with E-state index in [0.29, 0.717) is 18.8 Å². The van der Waals surface area contributed by atoms with E-state index in [4.69, 9.17) is 0 Å². The zero-order valence-corrected chi connectivity index (χ0v) is 17.9. The zero-order valence-electron chi connectivity index (χ0n) is 17.1. The Morgan fingerprint density at radius 2 is 1.66 bits per heavy atom.